The van der Waals surface area contributed by atoms with Gasteiger partial charge >= 0.3 is 0 Å². The molecule has 0 unspecified atom stereocenters. The van der Waals surface area contributed by atoms with E-state index in [1.54, 1.807) is 6.92 Å². The molecule has 2 N–H and O–H groups in total. The molecule has 0 saturated heterocycles. The minimum Gasteiger partial charge on any atom is -0.504 e. The number of hydrogen-bond acceptors (Lipinski definition) is 6. The van der Waals surface area contributed by atoms with E-state index in [4.69, 9.17) is 9.15 Å². The van der Waals surface area contributed by atoms with Crippen LogP contribution in [0.4, 0.5) is 0 Å². The Labute approximate surface area is 113 Å². The summed E-state index contributed by atoms with van der Waals surface area (Å²) in [5.74, 6) is -2.04. The maximum Gasteiger partial charge on any atom is 0.201 e. The minimum absolute atomic E-state index is 0.0181. The van der Waals surface area contributed by atoms with Crippen molar-refractivity contribution in [3.05, 3.63) is 40.3 Å². The van der Waals surface area contributed by atoms with Crippen LogP contribution < -0.4 is 4.74 Å². The van der Waals surface area contributed by atoms with Crippen LogP contribution in [-0.2, 0) is 0 Å². The summed E-state index contributed by atoms with van der Waals surface area (Å²) >= 11 is 0. The van der Waals surface area contributed by atoms with Crippen molar-refractivity contribution in [3.63, 3.8) is 0 Å². The molecule has 0 amide bonds. The molecule has 1 aromatic heterocycles. The summed E-state index contributed by atoms with van der Waals surface area (Å²) in [4.78, 5) is 24.7. The lowest BCUT2D eigenvalue weighted by Crippen LogP contribution is -2.20. The molecule has 0 radical (unpaired) electrons. The van der Waals surface area contributed by atoms with E-state index in [2.05, 4.69) is 0 Å². The van der Waals surface area contributed by atoms with E-state index in [9.17, 15) is 19.8 Å². The van der Waals surface area contributed by atoms with Gasteiger partial charge in [-0.25, -0.2) is 0 Å². The van der Waals surface area contributed by atoms with Gasteiger partial charge < -0.3 is 19.4 Å². The summed E-state index contributed by atoms with van der Waals surface area (Å²) in [6.45, 7) is 1.55. The number of carbonyl (C=O) groups is 2. The third-order valence-electron chi connectivity index (χ3n) is 3.38. The Morgan fingerprint density at radius 3 is 2.40 bits per heavy atom. The Kier molecular flexibility index (Phi) is 2.37. The van der Waals surface area contributed by atoms with Gasteiger partial charge in [0.1, 0.15) is 12.0 Å². The molecule has 2 aromatic rings. The van der Waals surface area contributed by atoms with Crippen molar-refractivity contribution in [1.29, 1.82) is 0 Å². The summed E-state index contributed by atoms with van der Waals surface area (Å²) in [5.41, 5.74) is 0.00950. The van der Waals surface area contributed by atoms with Crippen molar-refractivity contribution >= 4 is 11.6 Å². The number of benzene rings is 1. The highest BCUT2D eigenvalue weighted by atomic mass is 16.5. The molecule has 6 heteroatoms. The third-order valence-corrected chi connectivity index (χ3v) is 3.38. The third kappa shape index (κ3) is 1.33. The smallest absolute Gasteiger partial charge is 0.201 e. The SMILES string of the molecule is COc1cc2c(c(O)c1O)C(=O)c1c(coc1C)C2=O. The van der Waals surface area contributed by atoms with Crippen LogP contribution in [0.5, 0.6) is 17.2 Å². The van der Waals surface area contributed by atoms with Crippen molar-refractivity contribution in [3.8, 4) is 17.2 Å². The van der Waals surface area contributed by atoms with Crippen LogP contribution in [0.25, 0.3) is 0 Å². The molecule has 1 aliphatic carbocycles. The lowest BCUT2D eigenvalue weighted by molar-refractivity contribution is 0.0976. The summed E-state index contributed by atoms with van der Waals surface area (Å²) in [6.07, 6.45) is 1.21. The number of phenolic OH excluding ortho intramolecular Hbond substituents is 2. The minimum atomic E-state index is -0.663. The molecule has 0 atom stereocenters. The second-order valence-electron chi connectivity index (χ2n) is 4.44. The number of hydrogen-bond donors (Lipinski definition) is 2. The monoisotopic (exact) mass is 274 g/mol. The summed E-state index contributed by atoms with van der Waals surface area (Å²) in [6, 6.07) is 1.23. The summed E-state index contributed by atoms with van der Waals surface area (Å²) < 4.78 is 9.97. The van der Waals surface area contributed by atoms with E-state index in [1.807, 2.05) is 0 Å². The fourth-order valence-corrected chi connectivity index (χ4v) is 2.37. The second kappa shape index (κ2) is 3.86. The molecule has 1 heterocycles. The van der Waals surface area contributed by atoms with Crippen LogP contribution >= 0.6 is 0 Å². The highest BCUT2D eigenvalue weighted by Crippen LogP contribution is 2.44. The van der Waals surface area contributed by atoms with Crippen molar-refractivity contribution in [2.24, 2.45) is 0 Å². The molecule has 0 bridgehead atoms. The van der Waals surface area contributed by atoms with Crippen LogP contribution in [0, 0.1) is 6.92 Å². The first-order valence-corrected chi connectivity index (χ1v) is 5.77. The molecular weight excluding hydrogens is 264 g/mol. The summed E-state index contributed by atoms with van der Waals surface area (Å²) in [5, 5.41) is 19.7. The first-order chi connectivity index (χ1) is 9.47. The number of fused-ring (bicyclic) bond motifs is 2. The Hall–Kier alpha value is -2.76. The van der Waals surface area contributed by atoms with Crippen molar-refractivity contribution < 1.29 is 29.0 Å². The number of ketones is 2. The molecule has 6 nitrogen and oxygen atoms in total. The summed E-state index contributed by atoms with van der Waals surface area (Å²) in [7, 11) is 1.28. The highest BCUT2D eigenvalue weighted by Gasteiger charge is 2.37. The molecule has 1 aromatic carbocycles. The quantitative estimate of drug-likeness (QED) is 0.656. The van der Waals surface area contributed by atoms with Crippen LogP contribution in [0.3, 0.4) is 0 Å². The van der Waals surface area contributed by atoms with Gasteiger partial charge in [0.25, 0.3) is 0 Å². The number of methoxy groups -OCH3 is 1. The number of rotatable bonds is 1. The van der Waals surface area contributed by atoms with Gasteiger partial charge in [0, 0.05) is 5.56 Å². The fraction of sp³-hybridized carbons (Fsp3) is 0.143. The zero-order valence-electron chi connectivity index (χ0n) is 10.7. The molecule has 102 valence electrons. The van der Waals surface area contributed by atoms with E-state index >= 15 is 0 Å². The largest absolute Gasteiger partial charge is 0.504 e. The van der Waals surface area contributed by atoms with Crippen molar-refractivity contribution in [2.75, 3.05) is 7.11 Å². The van der Waals surface area contributed by atoms with Crippen LogP contribution in [-0.4, -0.2) is 28.9 Å². The predicted molar refractivity (Wildman–Crippen MR) is 66.6 cm³/mol. The normalized spacial score (nSPS) is 13.1. The van der Waals surface area contributed by atoms with E-state index in [0.717, 1.165) is 0 Å². The Balaban J connectivity index is 2.38. The van der Waals surface area contributed by atoms with Gasteiger partial charge in [-0.2, -0.15) is 0 Å². The van der Waals surface area contributed by atoms with Gasteiger partial charge in [0.2, 0.25) is 11.5 Å². The van der Waals surface area contributed by atoms with E-state index in [0.29, 0.717) is 5.76 Å². The molecule has 0 spiro atoms. The molecule has 20 heavy (non-hydrogen) atoms. The molecule has 1 aliphatic rings. The Morgan fingerprint density at radius 2 is 1.75 bits per heavy atom. The first-order valence-electron chi connectivity index (χ1n) is 5.77. The fourth-order valence-electron chi connectivity index (χ4n) is 2.37. The number of ether oxygens (including phenoxy) is 1. The lowest BCUT2D eigenvalue weighted by Gasteiger charge is -2.17. The topological polar surface area (TPSA) is 97.0 Å². The molecule has 0 fully saturated rings. The van der Waals surface area contributed by atoms with Gasteiger partial charge in [-0.05, 0) is 13.0 Å². The number of aromatic hydroxyl groups is 2. The number of aryl methyl sites for hydroxylation is 1. The molecule has 0 saturated carbocycles. The van der Waals surface area contributed by atoms with Gasteiger partial charge in [-0.15, -0.1) is 0 Å². The van der Waals surface area contributed by atoms with Crippen molar-refractivity contribution in [2.45, 2.75) is 6.92 Å². The number of carbonyl (C=O) groups excluding carboxylic acids is 2. The average molecular weight is 274 g/mol. The van der Waals surface area contributed by atoms with E-state index in [-0.39, 0.29) is 28.0 Å². The van der Waals surface area contributed by atoms with Gasteiger partial charge in [0.15, 0.2) is 17.3 Å². The predicted octanol–water partition coefficient (Wildman–Crippen LogP) is 1.78. The number of phenols is 2. The Bertz CT molecular complexity index is 768. The van der Waals surface area contributed by atoms with E-state index < -0.39 is 23.1 Å². The second-order valence-corrected chi connectivity index (χ2v) is 4.44. The van der Waals surface area contributed by atoms with E-state index in [1.165, 1.54) is 19.4 Å². The molecule has 0 aliphatic heterocycles. The van der Waals surface area contributed by atoms with Crippen LogP contribution in [0.1, 0.15) is 37.6 Å². The highest BCUT2D eigenvalue weighted by molar-refractivity contribution is 6.30. The standard InChI is InChI=1S/C14H10O6/c1-5-9-7(4-20-5)11(15)6-3-8(19-2)12(16)14(18)10(6)13(9)17/h3-4,16,18H,1-2H3. The zero-order chi connectivity index (χ0) is 14.6. The first kappa shape index (κ1) is 12.3. The Morgan fingerprint density at radius 1 is 1.05 bits per heavy atom. The average Bonchev–Trinajstić information content (AvgIpc) is 2.81. The molecular formula is C14H10O6. The lowest BCUT2D eigenvalue weighted by atomic mass is 9.84. The maximum atomic E-state index is 12.4. The zero-order valence-corrected chi connectivity index (χ0v) is 10.7. The van der Waals surface area contributed by atoms with Gasteiger partial charge in [-0.3, -0.25) is 9.59 Å². The number of furan rings is 1. The molecule has 3 rings (SSSR count). The maximum absolute atomic E-state index is 12.4. The van der Waals surface area contributed by atoms with Crippen molar-refractivity contribution in [1.82, 2.24) is 0 Å². The van der Waals surface area contributed by atoms with Gasteiger partial charge in [0.05, 0.1) is 23.8 Å². The van der Waals surface area contributed by atoms with Gasteiger partial charge in [-0.1, -0.05) is 0 Å². The van der Waals surface area contributed by atoms with Crippen LogP contribution in [0.15, 0.2) is 16.7 Å². The van der Waals surface area contributed by atoms with Crippen LogP contribution in [0.2, 0.25) is 0 Å².